The van der Waals surface area contributed by atoms with Crippen LogP contribution in [0.25, 0.3) is 0 Å². The first-order chi connectivity index (χ1) is 10.3. The maximum absolute atomic E-state index is 10.5. The maximum Gasteiger partial charge on any atom is 0.269 e. The lowest BCUT2D eigenvalue weighted by Crippen LogP contribution is -1.98. The Bertz CT molecular complexity index is 561. The number of benzene rings is 1. The molecule has 0 fully saturated rings. The fourth-order valence-electron chi connectivity index (χ4n) is 1.67. The topological polar surface area (TPSA) is 65.3 Å². The van der Waals surface area contributed by atoms with Crippen molar-refractivity contribution in [1.29, 1.82) is 0 Å². The number of thioether (sulfide) groups is 1. The molecule has 2 rings (SSSR count). The number of pyridine rings is 1. The first-order valence-electron chi connectivity index (χ1n) is 6.67. The van der Waals surface area contributed by atoms with Gasteiger partial charge in [0.2, 0.25) is 0 Å². The lowest BCUT2D eigenvalue weighted by Gasteiger charge is -2.05. The third-order valence-electron chi connectivity index (χ3n) is 2.74. The van der Waals surface area contributed by atoms with Gasteiger partial charge < -0.3 is 4.74 Å². The predicted molar refractivity (Wildman–Crippen MR) is 82.8 cm³/mol. The summed E-state index contributed by atoms with van der Waals surface area (Å²) in [6.07, 6.45) is 3.77. The van der Waals surface area contributed by atoms with Gasteiger partial charge in [-0.1, -0.05) is 6.07 Å². The van der Waals surface area contributed by atoms with Crippen molar-refractivity contribution in [1.82, 2.24) is 4.98 Å². The molecular formula is C15H16N2O3S. The number of nitro groups is 1. The Kier molecular flexibility index (Phi) is 6.02. The molecule has 0 aliphatic heterocycles. The molecule has 2 aromatic rings. The summed E-state index contributed by atoms with van der Waals surface area (Å²) in [6, 6.07) is 12.0. The molecule has 110 valence electrons. The SMILES string of the molecule is O=[N+]([O-])c1ccc(OCCCCSc2ccccn2)cc1. The zero-order chi connectivity index (χ0) is 14.9. The van der Waals surface area contributed by atoms with Crippen LogP contribution in [-0.4, -0.2) is 22.3 Å². The number of unbranched alkanes of at least 4 members (excludes halogenated alkanes) is 1. The molecule has 1 heterocycles. The van der Waals surface area contributed by atoms with Crippen molar-refractivity contribution < 1.29 is 9.66 Å². The molecule has 5 nitrogen and oxygen atoms in total. The van der Waals surface area contributed by atoms with Gasteiger partial charge in [0, 0.05) is 18.3 Å². The Hall–Kier alpha value is -2.08. The van der Waals surface area contributed by atoms with E-state index in [4.69, 9.17) is 4.74 Å². The number of non-ortho nitro benzene ring substituents is 1. The second-order valence-corrected chi connectivity index (χ2v) is 5.44. The first-order valence-corrected chi connectivity index (χ1v) is 7.65. The molecule has 0 aliphatic carbocycles. The molecule has 0 saturated heterocycles. The van der Waals surface area contributed by atoms with Crippen LogP contribution in [0.15, 0.2) is 53.7 Å². The molecule has 1 aromatic heterocycles. The highest BCUT2D eigenvalue weighted by atomic mass is 32.2. The van der Waals surface area contributed by atoms with Crippen LogP contribution in [0.3, 0.4) is 0 Å². The number of ether oxygens (including phenoxy) is 1. The second kappa shape index (κ2) is 8.26. The van der Waals surface area contributed by atoms with Crippen LogP contribution in [-0.2, 0) is 0 Å². The fraction of sp³-hybridized carbons (Fsp3) is 0.267. The van der Waals surface area contributed by atoms with Crippen molar-refractivity contribution in [3.05, 3.63) is 58.8 Å². The second-order valence-electron chi connectivity index (χ2n) is 4.32. The van der Waals surface area contributed by atoms with Crippen LogP contribution < -0.4 is 4.74 Å². The Morgan fingerprint density at radius 3 is 2.62 bits per heavy atom. The molecule has 0 radical (unpaired) electrons. The Labute approximate surface area is 127 Å². The number of aromatic nitrogens is 1. The summed E-state index contributed by atoms with van der Waals surface area (Å²) in [5, 5.41) is 11.6. The standard InChI is InChI=1S/C15H16N2O3S/c18-17(19)13-6-8-14(9-7-13)20-11-3-4-12-21-15-5-1-2-10-16-15/h1-2,5-10H,3-4,11-12H2. The van der Waals surface area contributed by atoms with Crippen molar-refractivity contribution in [2.45, 2.75) is 17.9 Å². The van der Waals surface area contributed by atoms with Gasteiger partial charge in [0.15, 0.2) is 0 Å². The van der Waals surface area contributed by atoms with Crippen LogP contribution in [0.1, 0.15) is 12.8 Å². The Morgan fingerprint density at radius 2 is 1.95 bits per heavy atom. The number of nitrogens with zero attached hydrogens (tertiary/aromatic N) is 2. The average molecular weight is 304 g/mol. The Morgan fingerprint density at radius 1 is 1.14 bits per heavy atom. The molecule has 0 N–H and O–H groups in total. The lowest BCUT2D eigenvalue weighted by atomic mass is 10.3. The van der Waals surface area contributed by atoms with Gasteiger partial charge in [-0.05, 0) is 42.9 Å². The summed E-state index contributed by atoms with van der Waals surface area (Å²) in [7, 11) is 0. The largest absolute Gasteiger partial charge is 0.494 e. The van der Waals surface area contributed by atoms with E-state index in [1.54, 1.807) is 30.1 Å². The zero-order valence-electron chi connectivity index (χ0n) is 11.5. The molecule has 21 heavy (non-hydrogen) atoms. The van der Waals surface area contributed by atoms with E-state index >= 15 is 0 Å². The van der Waals surface area contributed by atoms with Crippen LogP contribution in [0.5, 0.6) is 5.75 Å². The molecular weight excluding hydrogens is 288 g/mol. The van der Waals surface area contributed by atoms with E-state index in [0.717, 1.165) is 23.6 Å². The normalized spacial score (nSPS) is 10.3. The van der Waals surface area contributed by atoms with Crippen LogP contribution in [0, 0.1) is 10.1 Å². The monoisotopic (exact) mass is 304 g/mol. The summed E-state index contributed by atoms with van der Waals surface area (Å²) in [6.45, 7) is 0.612. The minimum absolute atomic E-state index is 0.0779. The van der Waals surface area contributed by atoms with Crippen molar-refractivity contribution in [3.63, 3.8) is 0 Å². The summed E-state index contributed by atoms with van der Waals surface area (Å²) in [4.78, 5) is 14.3. The van der Waals surface area contributed by atoms with Gasteiger partial charge in [-0.25, -0.2) is 4.98 Å². The maximum atomic E-state index is 10.5. The average Bonchev–Trinajstić information content (AvgIpc) is 2.52. The van der Waals surface area contributed by atoms with Crippen molar-refractivity contribution >= 4 is 17.4 Å². The molecule has 0 atom stereocenters. The Balaban J connectivity index is 1.60. The van der Waals surface area contributed by atoms with E-state index < -0.39 is 4.92 Å². The molecule has 0 spiro atoms. The summed E-state index contributed by atoms with van der Waals surface area (Å²) < 4.78 is 5.55. The van der Waals surface area contributed by atoms with Gasteiger partial charge in [-0.2, -0.15) is 0 Å². The third kappa shape index (κ3) is 5.43. The highest BCUT2D eigenvalue weighted by Gasteiger charge is 2.04. The van der Waals surface area contributed by atoms with E-state index in [0.29, 0.717) is 12.4 Å². The summed E-state index contributed by atoms with van der Waals surface area (Å²) in [5.74, 6) is 1.67. The van der Waals surface area contributed by atoms with Gasteiger partial charge in [-0.3, -0.25) is 10.1 Å². The van der Waals surface area contributed by atoms with Gasteiger partial charge >= 0.3 is 0 Å². The van der Waals surface area contributed by atoms with E-state index in [2.05, 4.69) is 4.98 Å². The minimum atomic E-state index is -0.418. The van der Waals surface area contributed by atoms with Gasteiger partial charge in [0.1, 0.15) is 5.75 Å². The first kappa shape index (κ1) is 15.3. The van der Waals surface area contributed by atoms with E-state index in [1.165, 1.54) is 12.1 Å². The third-order valence-corrected chi connectivity index (χ3v) is 3.77. The fourth-order valence-corrected chi connectivity index (χ4v) is 2.54. The van der Waals surface area contributed by atoms with Crippen LogP contribution in [0.2, 0.25) is 0 Å². The van der Waals surface area contributed by atoms with E-state index in [-0.39, 0.29) is 5.69 Å². The molecule has 6 heteroatoms. The minimum Gasteiger partial charge on any atom is -0.494 e. The molecule has 0 unspecified atom stereocenters. The van der Waals surface area contributed by atoms with E-state index in [9.17, 15) is 10.1 Å². The van der Waals surface area contributed by atoms with Crippen LogP contribution >= 0.6 is 11.8 Å². The van der Waals surface area contributed by atoms with Gasteiger partial charge in [0.05, 0.1) is 16.6 Å². The highest BCUT2D eigenvalue weighted by Crippen LogP contribution is 2.18. The van der Waals surface area contributed by atoms with Crippen molar-refractivity contribution in [3.8, 4) is 5.75 Å². The number of hydrogen-bond donors (Lipinski definition) is 0. The van der Waals surface area contributed by atoms with Crippen molar-refractivity contribution in [2.24, 2.45) is 0 Å². The lowest BCUT2D eigenvalue weighted by molar-refractivity contribution is -0.384. The molecule has 0 saturated carbocycles. The van der Waals surface area contributed by atoms with Crippen molar-refractivity contribution in [2.75, 3.05) is 12.4 Å². The summed E-state index contributed by atoms with van der Waals surface area (Å²) in [5.41, 5.74) is 0.0779. The number of rotatable bonds is 8. The van der Waals surface area contributed by atoms with E-state index in [1.807, 2.05) is 18.2 Å². The van der Waals surface area contributed by atoms with Gasteiger partial charge in [0.25, 0.3) is 5.69 Å². The highest BCUT2D eigenvalue weighted by molar-refractivity contribution is 7.99. The predicted octanol–water partition coefficient (Wildman–Crippen LogP) is 3.94. The number of hydrogen-bond acceptors (Lipinski definition) is 5. The summed E-state index contributed by atoms with van der Waals surface area (Å²) >= 11 is 1.73. The quantitative estimate of drug-likeness (QED) is 0.320. The smallest absolute Gasteiger partial charge is 0.269 e. The van der Waals surface area contributed by atoms with Crippen LogP contribution in [0.4, 0.5) is 5.69 Å². The molecule has 1 aromatic carbocycles. The van der Waals surface area contributed by atoms with Gasteiger partial charge in [-0.15, -0.1) is 11.8 Å². The number of nitro benzene ring substituents is 1. The molecule has 0 aliphatic rings. The zero-order valence-corrected chi connectivity index (χ0v) is 12.3. The molecule has 0 amide bonds. The molecule has 0 bridgehead atoms.